The van der Waals surface area contributed by atoms with Gasteiger partial charge in [0.2, 0.25) is 5.95 Å². The van der Waals surface area contributed by atoms with E-state index in [-0.39, 0.29) is 16.9 Å². The molecule has 142 valence electrons. The van der Waals surface area contributed by atoms with E-state index in [2.05, 4.69) is 21.7 Å². The maximum atomic E-state index is 12.8. The highest BCUT2D eigenvalue weighted by atomic mass is 32.2. The SMILES string of the molecule is C[C@H]1CCCN(c2ncc3c(n2)[C@H]2CN(CC4CC4)C[C@H]2S(=O)(=O)C3)C1. The molecule has 0 amide bonds. The molecule has 26 heavy (non-hydrogen) atoms. The minimum Gasteiger partial charge on any atom is -0.341 e. The van der Waals surface area contributed by atoms with Gasteiger partial charge in [0.05, 0.1) is 16.7 Å². The molecule has 2 saturated heterocycles. The number of hydrogen-bond acceptors (Lipinski definition) is 6. The van der Waals surface area contributed by atoms with Crippen molar-refractivity contribution in [3.05, 3.63) is 17.5 Å². The summed E-state index contributed by atoms with van der Waals surface area (Å²) in [4.78, 5) is 14.1. The fourth-order valence-corrected chi connectivity index (χ4v) is 7.01. The zero-order valence-corrected chi connectivity index (χ0v) is 16.3. The van der Waals surface area contributed by atoms with Crippen LogP contribution in [-0.2, 0) is 15.6 Å². The van der Waals surface area contributed by atoms with Crippen LogP contribution in [0.4, 0.5) is 5.95 Å². The fourth-order valence-electron chi connectivity index (χ4n) is 4.98. The van der Waals surface area contributed by atoms with E-state index < -0.39 is 9.84 Å². The van der Waals surface area contributed by atoms with E-state index >= 15 is 0 Å². The van der Waals surface area contributed by atoms with E-state index in [1.54, 1.807) is 6.20 Å². The van der Waals surface area contributed by atoms with Gasteiger partial charge in [0, 0.05) is 50.4 Å². The molecule has 0 spiro atoms. The van der Waals surface area contributed by atoms with Crippen molar-refractivity contribution < 1.29 is 8.42 Å². The Bertz CT molecular complexity index is 808. The van der Waals surface area contributed by atoms with Crippen LogP contribution in [0.5, 0.6) is 0 Å². The van der Waals surface area contributed by atoms with Crippen LogP contribution in [0.3, 0.4) is 0 Å². The van der Waals surface area contributed by atoms with Crippen LogP contribution in [0.15, 0.2) is 6.20 Å². The van der Waals surface area contributed by atoms with Crippen molar-refractivity contribution in [2.75, 3.05) is 37.6 Å². The molecule has 1 aliphatic carbocycles. The number of sulfone groups is 1. The summed E-state index contributed by atoms with van der Waals surface area (Å²) in [5.74, 6) is 2.38. The van der Waals surface area contributed by atoms with Crippen LogP contribution in [-0.4, -0.2) is 61.3 Å². The molecular formula is C19H28N4O2S. The van der Waals surface area contributed by atoms with E-state index in [1.165, 1.54) is 25.7 Å². The van der Waals surface area contributed by atoms with Gasteiger partial charge in [0.15, 0.2) is 9.84 Å². The van der Waals surface area contributed by atoms with Crippen LogP contribution in [0.25, 0.3) is 0 Å². The van der Waals surface area contributed by atoms with Gasteiger partial charge < -0.3 is 9.80 Å². The van der Waals surface area contributed by atoms with E-state index in [0.29, 0.717) is 12.5 Å². The Labute approximate surface area is 155 Å². The summed E-state index contributed by atoms with van der Waals surface area (Å²) in [6.45, 7) is 6.85. The minimum absolute atomic E-state index is 0.0199. The van der Waals surface area contributed by atoms with E-state index in [0.717, 1.165) is 49.3 Å². The lowest BCUT2D eigenvalue weighted by molar-refractivity contribution is 0.320. The number of aromatic nitrogens is 2. The molecule has 1 aromatic rings. The predicted octanol–water partition coefficient (Wildman–Crippen LogP) is 1.82. The molecule has 0 radical (unpaired) electrons. The third-order valence-electron chi connectivity index (χ3n) is 6.55. The van der Waals surface area contributed by atoms with Crippen molar-refractivity contribution in [2.24, 2.45) is 11.8 Å². The zero-order valence-electron chi connectivity index (χ0n) is 15.5. The van der Waals surface area contributed by atoms with Crippen molar-refractivity contribution in [1.29, 1.82) is 0 Å². The molecule has 1 saturated carbocycles. The predicted molar refractivity (Wildman–Crippen MR) is 101 cm³/mol. The lowest BCUT2D eigenvalue weighted by Gasteiger charge is -2.32. The van der Waals surface area contributed by atoms with Crippen LogP contribution in [0.2, 0.25) is 0 Å². The van der Waals surface area contributed by atoms with E-state index in [4.69, 9.17) is 4.98 Å². The Morgan fingerprint density at radius 2 is 2.04 bits per heavy atom. The number of nitrogens with zero attached hydrogens (tertiary/aromatic N) is 4. The highest BCUT2D eigenvalue weighted by molar-refractivity contribution is 7.91. The van der Waals surface area contributed by atoms with Gasteiger partial charge in [-0.15, -0.1) is 0 Å². The first kappa shape index (κ1) is 16.9. The Hall–Kier alpha value is -1.21. The molecule has 0 aromatic carbocycles. The monoisotopic (exact) mass is 376 g/mol. The van der Waals surface area contributed by atoms with Crippen molar-refractivity contribution in [1.82, 2.24) is 14.9 Å². The maximum absolute atomic E-state index is 12.8. The fraction of sp³-hybridized carbons (Fsp3) is 0.789. The topological polar surface area (TPSA) is 66.4 Å². The standard InChI is InChI=1S/C19H28N4O2S/c1-13-3-2-6-23(8-13)19-20-7-15-12-26(24,25)17-11-22(9-14-4-5-14)10-16(17)18(15)21-19/h7,13-14,16-17H,2-6,8-12H2,1H3/t13-,16-,17+/m0/s1. The molecule has 5 rings (SSSR count). The van der Waals surface area contributed by atoms with Gasteiger partial charge in [-0.3, -0.25) is 0 Å². The van der Waals surface area contributed by atoms with Crippen molar-refractivity contribution in [3.63, 3.8) is 0 Å². The summed E-state index contributed by atoms with van der Waals surface area (Å²) in [5, 5.41) is -0.281. The van der Waals surface area contributed by atoms with Gasteiger partial charge in [0.25, 0.3) is 0 Å². The Kier molecular flexibility index (Phi) is 4.01. The van der Waals surface area contributed by atoms with E-state index in [1.807, 2.05) is 0 Å². The average Bonchev–Trinajstić information content (AvgIpc) is 3.30. The molecule has 7 heteroatoms. The molecule has 3 atom stereocenters. The lowest BCUT2D eigenvalue weighted by Crippen LogP contribution is -2.38. The zero-order chi connectivity index (χ0) is 17.9. The second-order valence-electron chi connectivity index (χ2n) is 8.89. The molecule has 1 aromatic heterocycles. The first-order valence-corrected chi connectivity index (χ1v) is 11.8. The molecule has 0 N–H and O–H groups in total. The second kappa shape index (κ2) is 6.16. The summed E-state index contributed by atoms with van der Waals surface area (Å²) in [7, 11) is -3.10. The Morgan fingerprint density at radius 3 is 2.81 bits per heavy atom. The molecule has 4 heterocycles. The molecule has 0 bridgehead atoms. The van der Waals surface area contributed by atoms with Crippen molar-refractivity contribution in [3.8, 4) is 0 Å². The maximum Gasteiger partial charge on any atom is 0.225 e. The normalized spacial score (nSPS) is 33.7. The molecular weight excluding hydrogens is 348 g/mol. The highest BCUT2D eigenvalue weighted by Gasteiger charge is 2.48. The third kappa shape index (κ3) is 3.03. The summed E-state index contributed by atoms with van der Waals surface area (Å²) in [6.07, 6.45) is 6.83. The van der Waals surface area contributed by atoms with Crippen LogP contribution >= 0.6 is 0 Å². The first-order valence-electron chi connectivity index (χ1n) is 10.0. The number of anilines is 1. The molecule has 6 nitrogen and oxygen atoms in total. The molecule has 3 aliphatic heterocycles. The van der Waals surface area contributed by atoms with E-state index in [9.17, 15) is 8.42 Å². The summed E-state index contributed by atoms with van der Waals surface area (Å²) in [5.41, 5.74) is 1.83. The van der Waals surface area contributed by atoms with Crippen LogP contribution in [0, 0.1) is 11.8 Å². The van der Waals surface area contributed by atoms with Gasteiger partial charge in [-0.25, -0.2) is 18.4 Å². The van der Waals surface area contributed by atoms with Gasteiger partial charge in [-0.1, -0.05) is 6.92 Å². The Morgan fingerprint density at radius 1 is 1.19 bits per heavy atom. The van der Waals surface area contributed by atoms with Crippen LogP contribution < -0.4 is 4.90 Å². The largest absolute Gasteiger partial charge is 0.341 e. The average molecular weight is 377 g/mol. The van der Waals surface area contributed by atoms with Crippen molar-refractivity contribution in [2.45, 2.75) is 49.5 Å². The summed E-state index contributed by atoms with van der Waals surface area (Å²) < 4.78 is 25.6. The second-order valence-corrected chi connectivity index (χ2v) is 11.1. The third-order valence-corrected chi connectivity index (χ3v) is 8.66. The molecule has 3 fully saturated rings. The summed E-state index contributed by atoms with van der Waals surface area (Å²) in [6, 6.07) is 0. The van der Waals surface area contributed by atoms with Crippen molar-refractivity contribution >= 4 is 15.8 Å². The highest BCUT2D eigenvalue weighted by Crippen LogP contribution is 2.41. The number of rotatable bonds is 3. The molecule has 4 aliphatic rings. The lowest BCUT2D eigenvalue weighted by atomic mass is 9.99. The quantitative estimate of drug-likeness (QED) is 0.802. The number of fused-ring (bicyclic) bond motifs is 3. The van der Waals surface area contributed by atoms with Crippen LogP contribution in [0.1, 0.15) is 49.8 Å². The molecule has 0 unspecified atom stereocenters. The Balaban J connectivity index is 1.46. The van der Waals surface area contributed by atoms with Gasteiger partial charge in [-0.2, -0.15) is 0 Å². The van der Waals surface area contributed by atoms with Gasteiger partial charge in [-0.05, 0) is 37.5 Å². The van der Waals surface area contributed by atoms with Gasteiger partial charge >= 0.3 is 0 Å². The summed E-state index contributed by atoms with van der Waals surface area (Å²) >= 11 is 0. The number of hydrogen-bond donors (Lipinski definition) is 0. The number of likely N-dealkylation sites (tertiary alicyclic amines) is 1. The smallest absolute Gasteiger partial charge is 0.225 e. The minimum atomic E-state index is -3.10. The first-order chi connectivity index (χ1) is 12.5. The van der Waals surface area contributed by atoms with Gasteiger partial charge in [0.1, 0.15) is 0 Å². The number of piperidine rings is 1.